The maximum absolute atomic E-state index is 5.57. The van der Waals surface area contributed by atoms with E-state index in [-0.39, 0.29) is 0 Å². The Morgan fingerprint density at radius 3 is 2.81 bits per heavy atom. The molecule has 0 amide bonds. The molecule has 1 saturated heterocycles. The molecule has 2 aliphatic rings. The van der Waals surface area contributed by atoms with Crippen molar-refractivity contribution in [1.29, 1.82) is 0 Å². The third-order valence-corrected chi connectivity index (χ3v) is 5.98. The lowest BCUT2D eigenvalue weighted by Crippen LogP contribution is -2.28. The highest BCUT2D eigenvalue weighted by Crippen LogP contribution is 2.43. The molecule has 2 aliphatic heterocycles. The van der Waals surface area contributed by atoms with Gasteiger partial charge < -0.3 is 9.30 Å². The predicted octanol–water partition coefficient (Wildman–Crippen LogP) is 3.40. The number of rotatable bonds is 4. The van der Waals surface area contributed by atoms with E-state index in [1.807, 2.05) is 30.6 Å². The van der Waals surface area contributed by atoms with Gasteiger partial charge in [0, 0.05) is 43.2 Å². The normalized spacial score (nSPS) is 21.7. The number of likely N-dealkylation sites (tertiary alicyclic amines) is 1. The van der Waals surface area contributed by atoms with Crippen LogP contribution < -0.4 is 4.74 Å². The Labute approximate surface area is 159 Å². The largest absolute Gasteiger partial charge is 0.496 e. The molecule has 5 heteroatoms. The number of hydrogen-bond acceptors (Lipinski definition) is 4. The Bertz CT molecular complexity index is 952. The maximum Gasteiger partial charge on any atom is 0.128 e. The molecule has 0 N–H and O–H groups in total. The summed E-state index contributed by atoms with van der Waals surface area (Å²) in [5.41, 5.74) is 3.75. The van der Waals surface area contributed by atoms with Crippen LogP contribution in [0.1, 0.15) is 17.9 Å². The van der Waals surface area contributed by atoms with Crippen molar-refractivity contribution in [1.82, 2.24) is 19.4 Å². The Hall–Kier alpha value is -2.66. The molecule has 1 atom stereocenters. The van der Waals surface area contributed by atoms with Gasteiger partial charge in [0.15, 0.2) is 0 Å². The number of imidazole rings is 1. The third-order valence-electron chi connectivity index (χ3n) is 5.98. The van der Waals surface area contributed by atoms with Gasteiger partial charge in [-0.1, -0.05) is 18.2 Å². The van der Waals surface area contributed by atoms with Crippen LogP contribution in [0.25, 0.3) is 11.3 Å². The van der Waals surface area contributed by atoms with Crippen LogP contribution in [0.3, 0.4) is 0 Å². The number of pyridine rings is 1. The zero-order valence-electron chi connectivity index (χ0n) is 15.6. The van der Waals surface area contributed by atoms with Gasteiger partial charge in [-0.3, -0.25) is 9.88 Å². The predicted molar refractivity (Wildman–Crippen MR) is 104 cm³/mol. The number of para-hydroxylation sites is 1. The highest BCUT2D eigenvalue weighted by molar-refractivity contribution is 5.67. The summed E-state index contributed by atoms with van der Waals surface area (Å²) in [6.07, 6.45) is 6.15. The fourth-order valence-corrected chi connectivity index (χ4v) is 4.69. The molecule has 27 heavy (non-hydrogen) atoms. The van der Waals surface area contributed by atoms with Crippen LogP contribution in [0.15, 0.2) is 54.9 Å². The molecule has 1 spiro atoms. The van der Waals surface area contributed by atoms with Gasteiger partial charge in [0.1, 0.15) is 11.6 Å². The van der Waals surface area contributed by atoms with Crippen LogP contribution in [0, 0.1) is 5.41 Å². The van der Waals surface area contributed by atoms with Gasteiger partial charge in [0.2, 0.25) is 0 Å². The van der Waals surface area contributed by atoms with E-state index in [1.165, 1.54) is 17.9 Å². The zero-order valence-corrected chi connectivity index (χ0v) is 15.6. The lowest BCUT2D eigenvalue weighted by Gasteiger charge is -2.23. The van der Waals surface area contributed by atoms with Crippen molar-refractivity contribution >= 4 is 0 Å². The molecule has 1 unspecified atom stereocenters. The SMILES string of the molecule is COc1ccccc1-c1cnc2n1CC1(CCN(Cc3ccccn3)C1)C2. The van der Waals surface area contributed by atoms with Crippen LogP contribution >= 0.6 is 0 Å². The number of aromatic nitrogens is 3. The van der Waals surface area contributed by atoms with Crippen molar-refractivity contribution in [3.8, 4) is 17.0 Å². The average Bonchev–Trinajstić information content (AvgIpc) is 3.37. The number of nitrogens with zero attached hydrogens (tertiary/aromatic N) is 4. The smallest absolute Gasteiger partial charge is 0.128 e. The molecule has 3 aromatic rings. The van der Waals surface area contributed by atoms with Gasteiger partial charge in [-0.05, 0) is 37.2 Å². The second-order valence-electron chi connectivity index (χ2n) is 7.80. The van der Waals surface area contributed by atoms with Crippen molar-refractivity contribution < 1.29 is 4.74 Å². The molecule has 0 saturated carbocycles. The first-order valence-electron chi connectivity index (χ1n) is 9.56. The summed E-state index contributed by atoms with van der Waals surface area (Å²) >= 11 is 0. The summed E-state index contributed by atoms with van der Waals surface area (Å²) in [5.74, 6) is 2.11. The molecule has 2 aromatic heterocycles. The van der Waals surface area contributed by atoms with Crippen molar-refractivity contribution in [2.24, 2.45) is 5.41 Å². The van der Waals surface area contributed by atoms with Crippen molar-refractivity contribution in [3.63, 3.8) is 0 Å². The second kappa shape index (κ2) is 6.50. The minimum absolute atomic E-state index is 0.301. The summed E-state index contributed by atoms with van der Waals surface area (Å²) in [5, 5.41) is 0. The fraction of sp³-hybridized carbons (Fsp3) is 0.364. The second-order valence-corrected chi connectivity index (χ2v) is 7.80. The number of methoxy groups -OCH3 is 1. The molecular formula is C22H24N4O. The van der Waals surface area contributed by atoms with Gasteiger partial charge in [0.25, 0.3) is 0 Å². The molecule has 5 rings (SSSR count). The van der Waals surface area contributed by atoms with E-state index in [0.29, 0.717) is 5.41 Å². The maximum atomic E-state index is 5.57. The lowest BCUT2D eigenvalue weighted by molar-refractivity contribution is 0.245. The number of benzene rings is 1. The van der Waals surface area contributed by atoms with Gasteiger partial charge in [-0.15, -0.1) is 0 Å². The first kappa shape index (κ1) is 16.5. The van der Waals surface area contributed by atoms with E-state index in [0.717, 1.165) is 49.6 Å². The zero-order chi connectivity index (χ0) is 18.3. The summed E-state index contributed by atoms with van der Waals surface area (Å²) in [6, 6.07) is 14.4. The van der Waals surface area contributed by atoms with E-state index in [2.05, 4.69) is 38.7 Å². The Morgan fingerprint density at radius 1 is 1.07 bits per heavy atom. The summed E-state index contributed by atoms with van der Waals surface area (Å²) < 4.78 is 7.98. The lowest BCUT2D eigenvalue weighted by atomic mass is 9.86. The van der Waals surface area contributed by atoms with Gasteiger partial charge in [0.05, 0.1) is 24.7 Å². The minimum atomic E-state index is 0.301. The monoisotopic (exact) mass is 360 g/mol. The van der Waals surface area contributed by atoms with E-state index in [1.54, 1.807) is 7.11 Å². The average molecular weight is 360 g/mol. The van der Waals surface area contributed by atoms with Crippen LogP contribution in [-0.2, 0) is 19.5 Å². The van der Waals surface area contributed by atoms with E-state index in [4.69, 9.17) is 9.72 Å². The number of hydrogen-bond donors (Lipinski definition) is 0. The summed E-state index contributed by atoms with van der Waals surface area (Å²) in [6.45, 7) is 4.21. The molecule has 0 aliphatic carbocycles. The molecule has 138 valence electrons. The molecular weight excluding hydrogens is 336 g/mol. The van der Waals surface area contributed by atoms with Gasteiger partial charge in [-0.2, -0.15) is 0 Å². The van der Waals surface area contributed by atoms with Crippen molar-refractivity contribution in [3.05, 3.63) is 66.4 Å². The van der Waals surface area contributed by atoms with Crippen molar-refractivity contribution in [2.75, 3.05) is 20.2 Å². The first-order valence-corrected chi connectivity index (χ1v) is 9.56. The van der Waals surface area contributed by atoms with Gasteiger partial charge >= 0.3 is 0 Å². The van der Waals surface area contributed by atoms with E-state index >= 15 is 0 Å². The molecule has 5 nitrogen and oxygen atoms in total. The Balaban J connectivity index is 1.37. The molecule has 0 radical (unpaired) electrons. The number of fused-ring (bicyclic) bond motifs is 1. The Morgan fingerprint density at radius 2 is 1.96 bits per heavy atom. The van der Waals surface area contributed by atoms with E-state index < -0.39 is 0 Å². The minimum Gasteiger partial charge on any atom is -0.496 e. The summed E-state index contributed by atoms with van der Waals surface area (Å²) in [7, 11) is 1.73. The van der Waals surface area contributed by atoms with Crippen LogP contribution in [0.2, 0.25) is 0 Å². The molecule has 1 aromatic carbocycles. The standard InChI is InChI=1S/C22H24N4O/c1-27-20-8-3-2-7-18(20)19-13-24-21-12-22(16-26(19)21)9-11-25(15-22)14-17-6-4-5-10-23-17/h2-8,10,13H,9,11-12,14-16H2,1H3. The third kappa shape index (κ3) is 2.92. The van der Waals surface area contributed by atoms with Crippen LogP contribution in [0.4, 0.5) is 0 Å². The quantitative estimate of drug-likeness (QED) is 0.715. The number of ether oxygens (including phenoxy) is 1. The molecule has 0 bridgehead atoms. The fourth-order valence-electron chi connectivity index (χ4n) is 4.69. The van der Waals surface area contributed by atoms with Crippen LogP contribution in [-0.4, -0.2) is 39.6 Å². The molecule has 1 fully saturated rings. The van der Waals surface area contributed by atoms with Crippen LogP contribution in [0.5, 0.6) is 5.75 Å². The van der Waals surface area contributed by atoms with Gasteiger partial charge in [-0.25, -0.2) is 4.98 Å². The topological polar surface area (TPSA) is 43.2 Å². The highest BCUT2D eigenvalue weighted by Gasteiger charge is 2.44. The summed E-state index contributed by atoms with van der Waals surface area (Å²) in [4.78, 5) is 11.8. The van der Waals surface area contributed by atoms with Crippen molar-refractivity contribution in [2.45, 2.75) is 25.9 Å². The van der Waals surface area contributed by atoms with E-state index in [9.17, 15) is 0 Å². The first-order chi connectivity index (χ1) is 13.3. The Kier molecular flexibility index (Phi) is 3.97. The highest BCUT2D eigenvalue weighted by atomic mass is 16.5. The molecule has 4 heterocycles.